The number of carbonyl (C=O) groups excluding carboxylic acids is 1. The summed E-state index contributed by atoms with van der Waals surface area (Å²) in [6.07, 6.45) is 8.76. The molecule has 3 aliphatic rings. The van der Waals surface area contributed by atoms with Crippen molar-refractivity contribution in [3.05, 3.63) is 89.0 Å². The van der Waals surface area contributed by atoms with E-state index in [0.717, 1.165) is 69.9 Å². The minimum absolute atomic E-state index is 0.00759. The average molecular weight is 633 g/mol. The third-order valence-corrected chi connectivity index (χ3v) is 11.4. The lowest BCUT2D eigenvalue weighted by molar-refractivity contribution is 0.0666. The maximum atomic E-state index is 13.4. The summed E-state index contributed by atoms with van der Waals surface area (Å²) in [6, 6.07) is 21.4. The standard InChI is InChI=1S/C36H44N2O6S/c1-45(42,43)34-22-31(14-15-33(34)40)44-24-30(39)23-37-29-12-10-26(11-13-29)25-6-8-28(9-7-25)35(41)38-20-18-36(19-21-38)17-16-27-4-2-3-5-32(27)36/h2-9,14-15,22,26,29-30,37,39-40H,10-13,16-21,23-24H2,1H3. The number of ether oxygens (including phenoxy) is 1. The second-order valence-corrected chi connectivity index (χ2v) is 15.2. The zero-order valence-corrected chi connectivity index (χ0v) is 26.8. The second-order valence-electron chi connectivity index (χ2n) is 13.2. The van der Waals surface area contributed by atoms with Crippen molar-refractivity contribution < 1.29 is 28.2 Å². The largest absolute Gasteiger partial charge is 0.507 e. The van der Waals surface area contributed by atoms with Gasteiger partial charge in [-0.25, -0.2) is 8.42 Å². The van der Waals surface area contributed by atoms with E-state index in [1.165, 1.54) is 41.3 Å². The van der Waals surface area contributed by atoms with Crippen LogP contribution in [0.4, 0.5) is 0 Å². The molecule has 1 saturated heterocycles. The lowest BCUT2D eigenvalue weighted by Gasteiger charge is -2.40. The topological polar surface area (TPSA) is 116 Å². The van der Waals surface area contributed by atoms with E-state index in [-0.39, 0.29) is 34.3 Å². The number of hydrogen-bond acceptors (Lipinski definition) is 7. The molecular formula is C36H44N2O6S. The van der Waals surface area contributed by atoms with Gasteiger partial charge in [-0.05, 0) is 104 Å². The maximum Gasteiger partial charge on any atom is 0.253 e. The molecule has 8 nitrogen and oxygen atoms in total. The third kappa shape index (κ3) is 7.05. The minimum atomic E-state index is -3.59. The van der Waals surface area contributed by atoms with Crippen LogP contribution in [-0.4, -0.2) is 74.1 Å². The Labute approximate surface area is 266 Å². The Kier molecular flexibility index (Phi) is 9.22. The van der Waals surface area contributed by atoms with Crippen LogP contribution in [0, 0.1) is 0 Å². The van der Waals surface area contributed by atoms with Crippen LogP contribution >= 0.6 is 0 Å². The zero-order chi connectivity index (χ0) is 31.6. The van der Waals surface area contributed by atoms with E-state index in [1.807, 2.05) is 17.0 Å². The maximum absolute atomic E-state index is 13.4. The number of rotatable bonds is 9. The van der Waals surface area contributed by atoms with Gasteiger partial charge in [0.1, 0.15) is 29.1 Å². The summed E-state index contributed by atoms with van der Waals surface area (Å²) in [5, 5.41) is 23.7. The van der Waals surface area contributed by atoms with E-state index in [2.05, 4.69) is 41.7 Å². The number of nitrogens with one attached hydrogen (secondary N) is 1. The average Bonchev–Trinajstić information content (AvgIpc) is 3.41. The molecule has 2 aliphatic carbocycles. The highest BCUT2D eigenvalue weighted by Gasteiger charge is 2.41. The quantitative estimate of drug-likeness (QED) is 0.305. The monoisotopic (exact) mass is 632 g/mol. The molecule has 45 heavy (non-hydrogen) atoms. The Morgan fingerprint density at radius 3 is 2.42 bits per heavy atom. The predicted octanol–water partition coefficient (Wildman–Crippen LogP) is 4.97. The van der Waals surface area contributed by atoms with Crippen LogP contribution in [0.3, 0.4) is 0 Å². The van der Waals surface area contributed by atoms with Gasteiger partial charge < -0.3 is 25.2 Å². The highest BCUT2D eigenvalue weighted by Crippen LogP contribution is 2.46. The van der Waals surface area contributed by atoms with Gasteiger partial charge in [-0.3, -0.25) is 4.79 Å². The fourth-order valence-electron chi connectivity index (χ4n) is 7.57. The summed E-state index contributed by atoms with van der Waals surface area (Å²) in [4.78, 5) is 15.2. The van der Waals surface area contributed by atoms with Gasteiger partial charge in [0.15, 0.2) is 9.84 Å². The number of hydrogen-bond donors (Lipinski definition) is 3. The Hall–Kier alpha value is -3.40. The molecule has 240 valence electrons. The number of aliphatic hydroxyl groups is 1. The van der Waals surface area contributed by atoms with Crippen LogP contribution in [-0.2, 0) is 21.7 Å². The number of aliphatic hydroxyl groups excluding tert-OH is 1. The first-order chi connectivity index (χ1) is 21.6. The van der Waals surface area contributed by atoms with Crippen LogP contribution in [0.5, 0.6) is 11.5 Å². The SMILES string of the molecule is CS(=O)(=O)c1cc(OCC(O)CNC2CCC(c3ccc(C(=O)N4CCC5(CCc6ccccc65)CC4)cc3)CC2)ccc1O. The molecule has 6 rings (SSSR count). The molecule has 1 amide bonds. The number of benzene rings is 3. The molecule has 0 aromatic heterocycles. The summed E-state index contributed by atoms with van der Waals surface area (Å²) in [5.41, 5.74) is 5.29. The molecule has 2 fully saturated rings. The van der Waals surface area contributed by atoms with Crippen LogP contribution in [0.25, 0.3) is 0 Å². The first-order valence-electron chi connectivity index (χ1n) is 16.2. The lowest BCUT2D eigenvalue weighted by Crippen LogP contribution is -2.44. The first kappa shape index (κ1) is 31.6. The number of aromatic hydroxyl groups is 1. The van der Waals surface area contributed by atoms with E-state index >= 15 is 0 Å². The third-order valence-electron chi connectivity index (χ3n) is 10.2. The molecule has 1 atom stereocenters. The number of phenolic OH excluding ortho intramolecular Hbond substituents is 1. The van der Waals surface area contributed by atoms with Gasteiger partial charge in [0, 0.05) is 43.6 Å². The number of carbonyl (C=O) groups is 1. The normalized spacial score (nSPS) is 21.8. The number of nitrogens with zero attached hydrogens (tertiary/aromatic N) is 1. The lowest BCUT2D eigenvalue weighted by atomic mass is 9.74. The van der Waals surface area contributed by atoms with E-state index in [4.69, 9.17) is 4.74 Å². The number of aryl methyl sites for hydroxylation is 1. The van der Waals surface area contributed by atoms with Gasteiger partial charge in [-0.2, -0.15) is 0 Å². The number of likely N-dealkylation sites (tertiary alicyclic amines) is 1. The van der Waals surface area contributed by atoms with Crippen LogP contribution in [0.2, 0.25) is 0 Å². The highest BCUT2D eigenvalue weighted by molar-refractivity contribution is 7.90. The van der Waals surface area contributed by atoms with Crippen molar-refractivity contribution in [3.63, 3.8) is 0 Å². The van der Waals surface area contributed by atoms with Crippen LogP contribution < -0.4 is 10.1 Å². The molecule has 0 bridgehead atoms. The predicted molar refractivity (Wildman–Crippen MR) is 174 cm³/mol. The second kappa shape index (κ2) is 13.1. The molecule has 1 unspecified atom stereocenters. The van der Waals surface area contributed by atoms with E-state index < -0.39 is 15.9 Å². The van der Waals surface area contributed by atoms with Crippen LogP contribution in [0.15, 0.2) is 71.6 Å². The summed E-state index contributed by atoms with van der Waals surface area (Å²) >= 11 is 0. The molecule has 3 N–H and O–H groups in total. The van der Waals surface area contributed by atoms with Crippen molar-refractivity contribution in [2.24, 2.45) is 0 Å². The number of fused-ring (bicyclic) bond motifs is 2. The van der Waals surface area contributed by atoms with Crippen molar-refractivity contribution >= 4 is 15.7 Å². The summed E-state index contributed by atoms with van der Waals surface area (Å²) in [6.45, 7) is 2.00. The van der Waals surface area contributed by atoms with Gasteiger partial charge in [-0.1, -0.05) is 36.4 Å². The number of phenols is 1. The molecule has 1 saturated carbocycles. The van der Waals surface area contributed by atoms with Crippen molar-refractivity contribution in [2.45, 2.75) is 79.7 Å². The fraction of sp³-hybridized carbons (Fsp3) is 0.472. The molecule has 0 radical (unpaired) electrons. The minimum Gasteiger partial charge on any atom is -0.507 e. The first-order valence-corrected chi connectivity index (χ1v) is 18.1. The van der Waals surface area contributed by atoms with Gasteiger partial charge >= 0.3 is 0 Å². The Morgan fingerprint density at radius 2 is 1.71 bits per heavy atom. The Bertz CT molecular complexity index is 1610. The van der Waals surface area contributed by atoms with Gasteiger partial charge in [-0.15, -0.1) is 0 Å². The molecular weight excluding hydrogens is 588 g/mol. The number of piperidine rings is 1. The van der Waals surface area contributed by atoms with Crippen LogP contribution in [0.1, 0.15) is 77.9 Å². The zero-order valence-electron chi connectivity index (χ0n) is 26.0. The molecule has 1 heterocycles. The summed E-state index contributed by atoms with van der Waals surface area (Å²) in [7, 11) is -3.59. The Balaban J connectivity index is 0.929. The van der Waals surface area contributed by atoms with Gasteiger partial charge in [0.05, 0.1) is 0 Å². The molecule has 3 aromatic carbocycles. The molecule has 3 aromatic rings. The van der Waals surface area contributed by atoms with Crippen molar-refractivity contribution in [1.82, 2.24) is 10.2 Å². The highest BCUT2D eigenvalue weighted by atomic mass is 32.2. The fourth-order valence-corrected chi connectivity index (χ4v) is 8.35. The van der Waals surface area contributed by atoms with E-state index in [9.17, 15) is 23.4 Å². The molecule has 1 spiro atoms. The number of sulfone groups is 1. The molecule has 9 heteroatoms. The number of amides is 1. The summed E-state index contributed by atoms with van der Waals surface area (Å²) < 4.78 is 29.2. The van der Waals surface area contributed by atoms with Gasteiger partial charge in [0.25, 0.3) is 5.91 Å². The van der Waals surface area contributed by atoms with Crippen molar-refractivity contribution in [3.8, 4) is 11.5 Å². The summed E-state index contributed by atoms with van der Waals surface area (Å²) in [5.74, 6) is 0.546. The smallest absolute Gasteiger partial charge is 0.253 e. The van der Waals surface area contributed by atoms with E-state index in [1.54, 1.807) is 0 Å². The Morgan fingerprint density at radius 1 is 1.00 bits per heavy atom. The molecule has 1 aliphatic heterocycles. The van der Waals surface area contributed by atoms with Gasteiger partial charge in [0.2, 0.25) is 0 Å². The van der Waals surface area contributed by atoms with Crippen molar-refractivity contribution in [1.29, 1.82) is 0 Å². The van der Waals surface area contributed by atoms with E-state index in [0.29, 0.717) is 18.5 Å². The van der Waals surface area contributed by atoms with Crippen molar-refractivity contribution in [2.75, 3.05) is 32.5 Å².